The summed E-state index contributed by atoms with van der Waals surface area (Å²) in [6, 6.07) is 17.7. The van der Waals surface area contributed by atoms with Gasteiger partial charge in [0.1, 0.15) is 5.75 Å². The minimum Gasteiger partial charge on any atom is -0.497 e. The number of methoxy groups -OCH3 is 1. The second-order valence-corrected chi connectivity index (χ2v) is 12.6. The third-order valence-corrected chi connectivity index (χ3v) is 9.86. The number of aryl methyl sites for hydroxylation is 1. The fraction of sp³-hybridized carbons (Fsp3) is 0.0800. The van der Waals surface area contributed by atoms with Gasteiger partial charge in [0, 0.05) is 5.56 Å². The van der Waals surface area contributed by atoms with Crippen LogP contribution in [0.3, 0.4) is 0 Å². The average Bonchev–Trinajstić information content (AvgIpc) is 3.39. The first-order chi connectivity index (χ1) is 18.0. The first kappa shape index (κ1) is 25.7. The Kier molecular flexibility index (Phi) is 6.37. The molecule has 1 saturated heterocycles. The Bertz CT molecular complexity index is 1760. The van der Waals surface area contributed by atoms with Crippen LogP contribution in [0, 0.1) is 6.92 Å². The quantitative estimate of drug-likeness (QED) is 0.463. The molecule has 0 bridgehead atoms. The maximum absolute atomic E-state index is 13.6. The normalized spacial score (nSPS) is 18.6. The molecule has 0 saturated carbocycles. The highest BCUT2D eigenvalue weighted by Gasteiger charge is 2.45. The van der Waals surface area contributed by atoms with E-state index in [1.165, 1.54) is 55.6 Å². The van der Waals surface area contributed by atoms with Gasteiger partial charge in [0.15, 0.2) is 5.17 Å². The zero-order valence-electron chi connectivity index (χ0n) is 19.9. The van der Waals surface area contributed by atoms with E-state index in [1.54, 1.807) is 24.3 Å². The van der Waals surface area contributed by atoms with Gasteiger partial charge in [-0.05, 0) is 61.2 Å². The van der Waals surface area contributed by atoms with Gasteiger partial charge in [0.25, 0.3) is 31.9 Å². The molecule has 0 radical (unpaired) electrons. The summed E-state index contributed by atoms with van der Waals surface area (Å²) in [6.45, 7) is 1.81. The molecule has 2 heterocycles. The van der Waals surface area contributed by atoms with Crippen molar-refractivity contribution in [1.29, 1.82) is 0 Å². The lowest BCUT2D eigenvalue weighted by Gasteiger charge is -2.17. The number of amidine groups is 1. The summed E-state index contributed by atoms with van der Waals surface area (Å²) in [4.78, 5) is 26.1. The molecular formula is C25H19N3O7S3. The number of nitrogens with zero attached hydrogens (tertiary/aromatic N) is 2. The van der Waals surface area contributed by atoms with E-state index < -0.39 is 31.9 Å². The molecule has 2 amide bonds. The molecule has 2 aliphatic heterocycles. The summed E-state index contributed by atoms with van der Waals surface area (Å²) in [6.07, 6.45) is 0. The number of para-hydroxylation sites is 1. The molecule has 3 aromatic rings. The van der Waals surface area contributed by atoms with E-state index in [0.29, 0.717) is 21.8 Å². The monoisotopic (exact) mass is 569 g/mol. The first-order valence-corrected chi connectivity index (χ1v) is 14.7. The number of hydrogen-bond acceptors (Lipinski definition) is 8. The highest BCUT2D eigenvalue weighted by molar-refractivity contribution is 8.19. The molecule has 0 atom stereocenters. The van der Waals surface area contributed by atoms with Gasteiger partial charge in [-0.3, -0.25) is 14.9 Å². The van der Waals surface area contributed by atoms with Crippen molar-refractivity contribution in [3.8, 4) is 5.75 Å². The summed E-state index contributed by atoms with van der Waals surface area (Å²) < 4.78 is 62.0. The van der Waals surface area contributed by atoms with Gasteiger partial charge in [0.2, 0.25) is 0 Å². The lowest BCUT2D eigenvalue weighted by Crippen LogP contribution is -2.34. The lowest BCUT2D eigenvalue weighted by molar-refractivity contribution is -0.116. The predicted octanol–water partition coefficient (Wildman–Crippen LogP) is 3.06. The van der Waals surface area contributed by atoms with Gasteiger partial charge in [0.05, 0.1) is 33.1 Å². The standard InChI is InChI=1S/C25H19N3O7S3/c1-15-7-11-17(12-8-15)37(31,32)27-25-26-23(29)22(36-25)21-19-5-3-4-6-20(19)28(24(21)30)38(33,34)18-13-9-16(35-2)10-14-18/h3-14H,1-2H3,(H,26,27,29). The number of thioether (sulfide) groups is 1. The Morgan fingerprint density at radius 3 is 2.16 bits per heavy atom. The van der Waals surface area contributed by atoms with Crippen LogP contribution < -0.4 is 14.4 Å². The van der Waals surface area contributed by atoms with Crippen LogP contribution in [0.4, 0.5) is 5.69 Å². The molecule has 0 aromatic heterocycles. The SMILES string of the molecule is COc1ccc(S(=O)(=O)N2C(=O)C(=C3S/C(=N/S(=O)(=O)c4ccc(C)cc4)NC3=O)c3ccccc32)cc1. The smallest absolute Gasteiger partial charge is 0.284 e. The molecule has 5 rings (SSSR count). The minimum atomic E-state index is -4.36. The van der Waals surface area contributed by atoms with Gasteiger partial charge in [-0.2, -0.15) is 12.7 Å². The third kappa shape index (κ3) is 4.38. The Balaban J connectivity index is 1.56. The molecule has 10 nitrogen and oxygen atoms in total. The van der Waals surface area contributed by atoms with Crippen molar-refractivity contribution in [2.45, 2.75) is 16.7 Å². The van der Waals surface area contributed by atoms with Gasteiger partial charge in [-0.25, -0.2) is 8.42 Å². The fourth-order valence-corrected chi connectivity index (χ4v) is 7.39. The molecule has 3 aromatic carbocycles. The second-order valence-electron chi connectivity index (χ2n) is 8.21. The van der Waals surface area contributed by atoms with Gasteiger partial charge < -0.3 is 4.74 Å². The summed E-state index contributed by atoms with van der Waals surface area (Å²) in [5.74, 6) is -1.27. The van der Waals surface area contributed by atoms with E-state index in [2.05, 4.69) is 9.71 Å². The van der Waals surface area contributed by atoms with Crippen LogP contribution in [0.15, 0.2) is 91.9 Å². The Hall–Kier alpha value is -3.94. The van der Waals surface area contributed by atoms with Crippen LogP contribution >= 0.6 is 11.8 Å². The summed E-state index contributed by atoms with van der Waals surface area (Å²) >= 11 is 0.652. The summed E-state index contributed by atoms with van der Waals surface area (Å²) in [5.41, 5.74) is 0.981. The van der Waals surface area contributed by atoms with Crippen molar-refractivity contribution in [2.75, 3.05) is 11.4 Å². The molecular weight excluding hydrogens is 550 g/mol. The van der Waals surface area contributed by atoms with Crippen molar-refractivity contribution in [3.63, 3.8) is 0 Å². The molecule has 1 N–H and O–H groups in total. The number of benzene rings is 3. The third-order valence-electron chi connectivity index (χ3n) is 5.76. The van der Waals surface area contributed by atoms with E-state index in [0.717, 1.165) is 5.56 Å². The first-order valence-electron chi connectivity index (χ1n) is 11.0. The molecule has 1 fully saturated rings. The predicted molar refractivity (Wildman–Crippen MR) is 143 cm³/mol. The second kappa shape index (κ2) is 9.42. The number of carbonyl (C=O) groups excluding carboxylic acids is 2. The Morgan fingerprint density at radius 2 is 1.50 bits per heavy atom. The maximum atomic E-state index is 13.6. The van der Waals surface area contributed by atoms with Crippen molar-refractivity contribution in [2.24, 2.45) is 4.40 Å². The molecule has 0 unspecified atom stereocenters. The summed E-state index contributed by atoms with van der Waals surface area (Å²) in [5, 5.41) is 2.12. The highest BCUT2D eigenvalue weighted by Crippen LogP contribution is 2.45. The molecule has 13 heteroatoms. The van der Waals surface area contributed by atoms with Crippen LogP contribution in [-0.2, 0) is 29.6 Å². The number of hydrogen-bond donors (Lipinski definition) is 1. The van der Waals surface area contributed by atoms with Crippen LogP contribution in [0.1, 0.15) is 11.1 Å². The zero-order valence-corrected chi connectivity index (χ0v) is 22.4. The van der Waals surface area contributed by atoms with E-state index >= 15 is 0 Å². The van der Waals surface area contributed by atoms with E-state index in [1.807, 2.05) is 6.92 Å². The summed E-state index contributed by atoms with van der Waals surface area (Å²) in [7, 11) is -7.07. The van der Waals surface area contributed by atoms with Crippen molar-refractivity contribution < 1.29 is 31.2 Å². The number of anilines is 1. The van der Waals surface area contributed by atoms with Crippen molar-refractivity contribution in [3.05, 3.63) is 88.8 Å². The maximum Gasteiger partial charge on any atom is 0.284 e. The minimum absolute atomic E-state index is 0.0643. The number of nitrogens with one attached hydrogen (secondary N) is 1. The Morgan fingerprint density at radius 1 is 0.868 bits per heavy atom. The van der Waals surface area contributed by atoms with E-state index in [4.69, 9.17) is 4.74 Å². The lowest BCUT2D eigenvalue weighted by atomic mass is 10.1. The number of amides is 2. The molecule has 38 heavy (non-hydrogen) atoms. The van der Waals surface area contributed by atoms with Crippen molar-refractivity contribution in [1.82, 2.24) is 5.32 Å². The number of carbonyl (C=O) groups is 2. The number of rotatable bonds is 5. The molecule has 0 spiro atoms. The van der Waals surface area contributed by atoms with E-state index in [-0.39, 0.29) is 36.7 Å². The topological polar surface area (TPSA) is 139 Å². The van der Waals surface area contributed by atoms with Gasteiger partial charge in [-0.15, -0.1) is 4.40 Å². The van der Waals surface area contributed by atoms with Crippen LogP contribution in [0.2, 0.25) is 0 Å². The number of ether oxygens (including phenoxy) is 1. The van der Waals surface area contributed by atoms with Crippen LogP contribution in [0.25, 0.3) is 5.57 Å². The highest BCUT2D eigenvalue weighted by atomic mass is 32.2. The van der Waals surface area contributed by atoms with Gasteiger partial charge >= 0.3 is 0 Å². The molecule has 0 aliphatic carbocycles. The van der Waals surface area contributed by atoms with Crippen molar-refractivity contribution >= 4 is 60.1 Å². The van der Waals surface area contributed by atoms with Crippen LogP contribution in [0.5, 0.6) is 5.75 Å². The Labute approximate surface area is 223 Å². The molecule has 194 valence electrons. The fourth-order valence-electron chi connectivity index (χ4n) is 3.90. The molecule has 2 aliphatic rings. The van der Waals surface area contributed by atoms with Crippen LogP contribution in [-0.4, -0.2) is 40.9 Å². The number of sulfonamides is 2. The average molecular weight is 570 g/mol. The van der Waals surface area contributed by atoms with E-state index in [9.17, 15) is 26.4 Å². The van der Waals surface area contributed by atoms with Gasteiger partial charge in [-0.1, -0.05) is 35.9 Å². The zero-order chi connectivity index (χ0) is 27.2. The number of fused-ring (bicyclic) bond motifs is 1. The largest absolute Gasteiger partial charge is 0.497 e.